The summed E-state index contributed by atoms with van der Waals surface area (Å²) in [5.41, 5.74) is 0. The first-order valence-corrected chi connectivity index (χ1v) is 5.20. The Balaban J connectivity index is 2.17. The van der Waals surface area contributed by atoms with Crippen molar-refractivity contribution in [3.05, 3.63) is 8.84 Å². The second kappa shape index (κ2) is 2.73. The fraction of sp³-hybridized carbons (Fsp3) is 0.667. The molecule has 0 aromatic carbocycles. The molecule has 1 aromatic rings. The first-order chi connectivity index (χ1) is 4.86. The Labute approximate surface area is 77.4 Å². The first-order valence-electron chi connectivity index (χ1n) is 3.35. The fourth-order valence-electron chi connectivity index (χ4n) is 1.05. The molecule has 1 aliphatic rings. The van der Waals surface area contributed by atoms with Gasteiger partial charge in [0.1, 0.15) is 5.82 Å². The van der Waals surface area contributed by atoms with Crippen LogP contribution in [0.15, 0.2) is 0 Å². The summed E-state index contributed by atoms with van der Waals surface area (Å²) in [6, 6.07) is 0. The highest BCUT2D eigenvalue weighted by atomic mass is 127. The van der Waals surface area contributed by atoms with E-state index in [1.54, 1.807) is 0 Å². The molecular weight excluding hydrogens is 259 g/mol. The van der Waals surface area contributed by atoms with Crippen LogP contribution in [0.3, 0.4) is 0 Å². The third-order valence-corrected chi connectivity index (χ3v) is 3.24. The highest BCUT2D eigenvalue weighted by Gasteiger charge is 2.22. The van der Waals surface area contributed by atoms with E-state index in [4.69, 9.17) is 0 Å². The van der Waals surface area contributed by atoms with Crippen LogP contribution in [0.5, 0.6) is 0 Å². The lowest BCUT2D eigenvalue weighted by Gasteiger charge is -2.21. The molecular formula is C6H7IN2S. The standard InChI is InChI=1S/C6H7IN2S/c7-6-8-5(9-10-6)4-2-1-3-4/h4H,1-3H2. The lowest BCUT2D eigenvalue weighted by molar-refractivity contribution is 0.404. The molecule has 2 nitrogen and oxygen atoms in total. The Morgan fingerprint density at radius 3 is 2.70 bits per heavy atom. The van der Waals surface area contributed by atoms with Crippen LogP contribution in [-0.2, 0) is 0 Å². The lowest BCUT2D eigenvalue weighted by Crippen LogP contribution is -2.10. The van der Waals surface area contributed by atoms with Crippen molar-refractivity contribution in [2.24, 2.45) is 0 Å². The van der Waals surface area contributed by atoms with Crippen LogP contribution in [-0.4, -0.2) is 9.36 Å². The largest absolute Gasteiger partial charge is 0.213 e. The molecule has 1 fully saturated rings. The number of aromatic nitrogens is 2. The number of halogens is 1. The molecule has 54 valence electrons. The van der Waals surface area contributed by atoms with Gasteiger partial charge in [-0.3, -0.25) is 0 Å². The van der Waals surface area contributed by atoms with E-state index < -0.39 is 0 Å². The normalized spacial score (nSPS) is 18.9. The van der Waals surface area contributed by atoms with Crippen LogP contribution in [0.25, 0.3) is 0 Å². The van der Waals surface area contributed by atoms with E-state index in [0.29, 0.717) is 5.92 Å². The predicted molar refractivity (Wildman–Crippen MR) is 49.2 cm³/mol. The molecule has 1 heterocycles. The van der Waals surface area contributed by atoms with Gasteiger partial charge in [-0.05, 0) is 47.0 Å². The van der Waals surface area contributed by atoms with Crippen LogP contribution in [0.1, 0.15) is 31.0 Å². The molecule has 0 bridgehead atoms. The smallest absolute Gasteiger partial charge is 0.173 e. The van der Waals surface area contributed by atoms with E-state index in [0.717, 1.165) is 8.84 Å². The Kier molecular flexibility index (Phi) is 1.90. The van der Waals surface area contributed by atoms with Crippen LogP contribution in [0.2, 0.25) is 0 Å². The molecule has 0 unspecified atom stereocenters. The third kappa shape index (κ3) is 1.18. The minimum Gasteiger partial charge on any atom is -0.213 e. The Morgan fingerprint density at radius 1 is 1.50 bits per heavy atom. The van der Waals surface area contributed by atoms with Crippen molar-refractivity contribution in [2.75, 3.05) is 0 Å². The van der Waals surface area contributed by atoms with E-state index in [2.05, 4.69) is 31.9 Å². The highest BCUT2D eigenvalue weighted by molar-refractivity contribution is 14.1. The van der Waals surface area contributed by atoms with Crippen molar-refractivity contribution in [2.45, 2.75) is 25.2 Å². The van der Waals surface area contributed by atoms with Gasteiger partial charge in [0, 0.05) is 5.92 Å². The van der Waals surface area contributed by atoms with Crippen molar-refractivity contribution in [1.82, 2.24) is 9.36 Å². The van der Waals surface area contributed by atoms with E-state index in [1.165, 1.54) is 30.8 Å². The zero-order valence-electron chi connectivity index (χ0n) is 5.38. The van der Waals surface area contributed by atoms with Gasteiger partial charge >= 0.3 is 0 Å². The van der Waals surface area contributed by atoms with Crippen LogP contribution in [0, 0.1) is 3.01 Å². The van der Waals surface area contributed by atoms with Gasteiger partial charge in [-0.2, -0.15) is 4.37 Å². The van der Waals surface area contributed by atoms with Gasteiger partial charge in [0.25, 0.3) is 0 Å². The summed E-state index contributed by atoms with van der Waals surface area (Å²) >= 11 is 3.73. The van der Waals surface area contributed by atoms with E-state index in [1.807, 2.05) is 0 Å². The van der Waals surface area contributed by atoms with E-state index in [-0.39, 0.29) is 0 Å². The molecule has 0 spiro atoms. The molecule has 0 atom stereocenters. The van der Waals surface area contributed by atoms with Crippen LogP contribution >= 0.6 is 34.1 Å². The zero-order chi connectivity index (χ0) is 6.97. The van der Waals surface area contributed by atoms with Crippen LogP contribution < -0.4 is 0 Å². The van der Waals surface area contributed by atoms with Crippen molar-refractivity contribution >= 4 is 34.1 Å². The molecule has 10 heavy (non-hydrogen) atoms. The average molecular weight is 266 g/mol. The average Bonchev–Trinajstić information content (AvgIpc) is 2.10. The van der Waals surface area contributed by atoms with Gasteiger partial charge in [0.05, 0.1) is 0 Å². The van der Waals surface area contributed by atoms with Gasteiger partial charge in [0.2, 0.25) is 0 Å². The molecule has 2 rings (SSSR count). The summed E-state index contributed by atoms with van der Waals surface area (Å²) in [6.45, 7) is 0. The molecule has 1 aliphatic carbocycles. The van der Waals surface area contributed by atoms with Gasteiger partial charge in [0.15, 0.2) is 3.01 Å². The maximum Gasteiger partial charge on any atom is 0.173 e. The van der Waals surface area contributed by atoms with Gasteiger partial charge < -0.3 is 0 Å². The maximum absolute atomic E-state index is 4.33. The summed E-state index contributed by atoms with van der Waals surface area (Å²) in [4.78, 5) is 4.33. The maximum atomic E-state index is 4.33. The Hall–Kier alpha value is 0.290. The van der Waals surface area contributed by atoms with Gasteiger partial charge in [-0.15, -0.1) is 0 Å². The second-order valence-electron chi connectivity index (χ2n) is 2.53. The lowest BCUT2D eigenvalue weighted by atomic mass is 9.85. The molecule has 0 aliphatic heterocycles. The molecule has 1 saturated carbocycles. The van der Waals surface area contributed by atoms with Crippen LogP contribution in [0.4, 0.5) is 0 Å². The quantitative estimate of drug-likeness (QED) is 0.729. The molecule has 4 heteroatoms. The predicted octanol–water partition coefficient (Wildman–Crippen LogP) is 2.41. The third-order valence-electron chi connectivity index (χ3n) is 1.89. The SMILES string of the molecule is Ic1nc(C2CCC2)ns1. The number of rotatable bonds is 1. The van der Waals surface area contributed by atoms with Crippen molar-refractivity contribution < 1.29 is 0 Å². The molecule has 0 radical (unpaired) electrons. The Morgan fingerprint density at radius 2 is 2.30 bits per heavy atom. The van der Waals surface area contributed by atoms with Crippen molar-refractivity contribution in [1.29, 1.82) is 0 Å². The topological polar surface area (TPSA) is 25.8 Å². The number of hydrogen-bond acceptors (Lipinski definition) is 3. The van der Waals surface area contributed by atoms with Gasteiger partial charge in [-0.25, -0.2) is 4.98 Å². The monoisotopic (exact) mass is 266 g/mol. The summed E-state index contributed by atoms with van der Waals surface area (Å²) in [5, 5.41) is 0. The minimum atomic E-state index is 0.694. The van der Waals surface area contributed by atoms with E-state index >= 15 is 0 Å². The number of hydrogen-bond donors (Lipinski definition) is 0. The second-order valence-corrected chi connectivity index (χ2v) is 5.04. The Bertz CT molecular complexity index is 231. The number of nitrogens with zero attached hydrogens (tertiary/aromatic N) is 2. The van der Waals surface area contributed by atoms with Gasteiger partial charge in [-0.1, -0.05) is 6.42 Å². The van der Waals surface area contributed by atoms with Crippen molar-refractivity contribution in [3.8, 4) is 0 Å². The molecule has 0 amide bonds. The fourth-order valence-corrected chi connectivity index (χ4v) is 2.08. The summed E-state index contributed by atoms with van der Waals surface area (Å²) in [5.74, 6) is 1.78. The summed E-state index contributed by atoms with van der Waals surface area (Å²) in [6.07, 6.45) is 3.96. The first kappa shape index (κ1) is 6.97. The molecule has 1 aromatic heterocycles. The minimum absolute atomic E-state index is 0.694. The summed E-state index contributed by atoms with van der Waals surface area (Å²) < 4.78 is 5.33. The zero-order valence-corrected chi connectivity index (χ0v) is 8.35. The summed E-state index contributed by atoms with van der Waals surface area (Å²) in [7, 11) is 0. The molecule has 0 saturated heterocycles. The van der Waals surface area contributed by atoms with E-state index in [9.17, 15) is 0 Å². The highest BCUT2D eigenvalue weighted by Crippen LogP contribution is 2.35. The van der Waals surface area contributed by atoms with Crippen molar-refractivity contribution in [3.63, 3.8) is 0 Å². The molecule has 0 N–H and O–H groups in total.